The molecule has 1 aliphatic heterocycles. The van der Waals surface area contributed by atoms with E-state index in [1.807, 2.05) is 13.0 Å². The lowest BCUT2D eigenvalue weighted by atomic mass is 10.2. The number of fused-ring (bicyclic) bond motifs is 1. The Balaban J connectivity index is 1.66. The molecule has 9 heteroatoms. The molecule has 0 fully saturated rings. The fourth-order valence-corrected chi connectivity index (χ4v) is 3.49. The maximum Gasteiger partial charge on any atom is 0.211 e. The number of sulfonamides is 1. The monoisotopic (exact) mass is 326 g/mol. The van der Waals surface area contributed by atoms with Gasteiger partial charge < -0.3 is 9.15 Å². The van der Waals surface area contributed by atoms with Gasteiger partial charge in [-0.3, -0.25) is 0 Å². The minimum absolute atomic E-state index is 0.124. The quantitative estimate of drug-likeness (QED) is 0.841. The van der Waals surface area contributed by atoms with Gasteiger partial charge in [-0.2, -0.15) is 0 Å². The van der Waals surface area contributed by atoms with E-state index in [0.717, 1.165) is 17.0 Å². The minimum atomic E-state index is -3.23. The Labute approximate surface area is 128 Å². The minimum Gasteiger partial charge on any atom is -0.472 e. The number of furan rings is 1. The standard InChI is InChI=1S/C13H18N4O4S/c1-2-5-22(18,19)14-6-11-7-17-12(9-21-11)13(15-16-17)10-3-4-20-8-10/h3-4,8,11,14H,2,5-7,9H2,1H3. The summed E-state index contributed by atoms with van der Waals surface area (Å²) >= 11 is 0. The first-order valence-corrected chi connectivity index (χ1v) is 8.78. The van der Waals surface area contributed by atoms with Crippen molar-refractivity contribution in [3.8, 4) is 11.3 Å². The molecular formula is C13H18N4O4S. The number of aromatic nitrogens is 3. The van der Waals surface area contributed by atoms with Crippen molar-refractivity contribution in [1.29, 1.82) is 0 Å². The van der Waals surface area contributed by atoms with Gasteiger partial charge in [0.1, 0.15) is 5.69 Å². The molecule has 0 aromatic carbocycles. The van der Waals surface area contributed by atoms with Gasteiger partial charge in [0.15, 0.2) is 0 Å². The highest BCUT2D eigenvalue weighted by molar-refractivity contribution is 7.89. The fraction of sp³-hybridized carbons (Fsp3) is 0.538. The molecule has 1 aliphatic rings. The van der Waals surface area contributed by atoms with E-state index in [1.165, 1.54) is 0 Å². The van der Waals surface area contributed by atoms with Gasteiger partial charge in [-0.05, 0) is 12.5 Å². The second kappa shape index (κ2) is 6.19. The van der Waals surface area contributed by atoms with Crippen LogP contribution in [0, 0.1) is 0 Å². The highest BCUT2D eigenvalue weighted by atomic mass is 32.2. The van der Waals surface area contributed by atoms with Crippen molar-refractivity contribution in [2.24, 2.45) is 0 Å². The zero-order valence-corrected chi connectivity index (χ0v) is 13.0. The largest absolute Gasteiger partial charge is 0.472 e. The average molecular weight is 326 g/mol. The lowest BCUT2D eigenvalue weighted by Gasteiger charge is -2.24. The fourth-order valence-electron chi connectivity index (χ4n) is 2.37. The van der Waals surface area contributed by atoms with Crippen molar-refractivity contribution in [3.05, 3.63) is 24.3 Å². The molecule has 2 aromatic heterocycles. The maximum atomic E-state index is 11.7. The van der Waals surface area contributed by atoms with Crippen molar-refractivity contribution < 1.29 is 17.6 Å². The maximum absolute atomic E-state index is 11.7. The van der Waals surface area contributed by atoms with Gasteiger partial charge >= 0.3 is 0 Å². The normalized spacial score (nSPS) is 18.3. The van der Waals surface area contributed by atoms with Gasteiger partial charge in [-0.25, -0.2) is 17.8 Å². The number of nitrogens with zero attached hydrogens (tertiary/aromatic N) is 3. The molecule has 0 radical (unpaired) electrons. The van der Waals surface area contributed by atoms with E-state index in [4.69, 9.17) is 9.15 Å². The number of nitrogens with one attached hydrogen (secondary N) is 1. The molecule has 2 aromatic rings. The highest BCUT2D eigenvalue weighted by Crippen LogP contribution is 2.25. The number of hydrogen-bond donors (Lipinski definition) is 1. The summed E-state index contributed by atoms with van der Waals surface area (Å²) in [5.41, 5.74) is 2.46. The summed E-state index contributed by atoms with van der Waals surface area (Å²) < 4.78 is 38.4. The van der Waals surface area contributed by atoms with Gasteiger partial charge in [0, 0.05) is 12.1 Å². The van der Waals surface area contributed by atoms with Crippen molar-refractivity contribution in [3.63, 3.8) is 0 Å². The second-order valence-electron chi connectivity index (χ2n) is 5.18. The third-order valence-corrected chi connectivity index (χ3v) is 5.02. The summed E-state index contributed by atoms with van der Waals surface area (Å²) in [6.07, 6.45) is 3.52. The number of ether oxygens (including phenoxy) is 1. The number of hydrogen-bond acceptors (Lipinski definition) is 6. The predicted octanol–water partition coefficient (Wildman–Crippen LogP) is 0.766. The van der Waals surface area contributed by atoms with Gasteiger partial charge in [-0.1, -0.05) is 12.1 Å². The molecule has 22 heavy (non-hydrogen) atoms. The average Bonchev–Trinajstić information content (AvgIpc) is 3.13. The van der Waals surface area contributed by atoms with Crippen LogP contribution in [0.15, 0.2) is 23.0 Å². The Kier molecular flexibility index (Phi) is 4.27. The molecule has 0 saturated heterocycles. The van der Waals surface area contributed by atoms with Gasteiger partial charge in [0.25, 0.3) is 0 Å². The summed E-state index contributed by atoms with van der Waals surface area (Å²) in [5.74, 6) is 0.124. The lowest BCUT2D eigenvalue weighted by molar-refractivity contribution is 0.00432. The zero-order chi connectivity index (χ0) is 15.6. The first kappa shape index (κ1) is 15.2. The highest BCUT2D eigenvalue weighted by Gasteiger charge is 2.25. The van der Waals surface area contributed by atoms with E-state index < -0.39 is 10.0 Å². The molecule has 1 N–H and O–H groups in total. The van der Waals surface area contributed by atoms with E-state index in [0.29, 0.717) is 19.6 Å². The molecule has 0 saturated carbocycles. The first-order valence-electron chi connectivity index (χ1n) is 7.13. The van der Waals surface area contributed by atoms with Crippen molar-refractivity contribution >= 4 is 10.0 Å². The van der Waals surface area contributed by atoms with Crippen LogP contribution in [-0.2, 0) is 27.9 Å². The van der Waals surface area contributed by atoms with Crippen LogP contribution < -0.4 is 4.72 Å². The summed E-state index contributed by atoms with van der Waals surface area (Å²) in [4.78, 5) is 0. The molecule has 8 nitrogen and oxygen atoms in total. The third kappa shape index (κ3) is 3.21. The molecule has 1 unspecified atom stereocenters. The smallest absolute Gasteiger partial charge is 0.211 e. The van der Waals surface area contributed by atoms with Gasteiger partial charge in [0.05, 0.1) is 43.2 Å². The van der Waals surface area contributed by atoms with Crippen LogP contribution in [0.25, 0.3) is 11.3 Å². The van der Waals surface area contributed by atoms with Crippen LogP contribution in [0.5, 0.6) is 0 Å². The van der Waals surface area contributed by atoms with Crippen LogP contribution in [0.2, 0.25) is 0 Å². The van der Waals surface area contributed by atoms with Gasteiger partial charge in [0.2, 0.25) is 10.0 Å². The molecule has 1 atom stereocenters. The Morgan fingerprint density at radius 3 is 3.09 bits per heavy atom. The van der Waals surface area contributed by atoms with E-state index >= 15 is 0 Å². The Morgan fingerprint density at radius 2 is 2.36 bits per heavy atom. The molecule has 0 amide bonds. The van der Waals surface area contributed by atoms with Crippen LogP contribution in [-0.4, -0.2) is 41.8 Å². The van der Waals surface area contributed by atoms with E-state index in [1.54, 1.807) is 17.2 Å². The molecule has 0 spiro atoms. The van der Waals surface area contributed by atoms with E-state index in [2.05, 4.69) is 15.0 Å². The van der Waals surface area contributed by atoms with E-state index in [-0.39, 0.29) is 18.4 Å². The summed E-state index contributed by atoms with van der Waals surface area (Å²) in [6.45, 7) is 2.88. The SMILES string of the molecule is CCCS(=O)(=O)NCC1Cn2nnc(-c3ccoc3)c2CO1. The lowest BCUT2D eigenvalue weighted by Crippen LogP contribution is -2.39. The molecule has 0 aliphatic carbocycles. The molecular weight excluding hydrogens is 308 g/mol. The number of rotatable bonds is 6. The Bertz CT molecular complexity index is 723. The summed E-state index contributed by atoms with van der Waals surface area (Å²) in [5, 5.41) is 8.26. The molecule has 120 valence electrons. The first-order chi connectivity index (χ1) is 10.6. The molecule has 3 rings (SSSR count). The second-order valence-corrected chi connectivity index (χ2v) is 7.11. The van der Waals surface area contributed by atoms with Crippen LogP contribution in [0.3, 0.4) is 0 Å². The molecule has 0 bridgehead atoms. The van der Waals surface area contributed by atoms with Crippen LogP contribution in [0.1, 0.15) is 19.0 Å². The zero-order valence-electron chi connectivity index (χ0n) is 12.2. The predicted molar refractivity (Wildman–Crippen MR) is 78.4 cm³/mol. The van der Waals surface area contributed by atoms with E-state index in [9.17, 15) is 8.42 Å². The van der Waals surface area contributed by atoms with Crippen molar-refractivity contribution in [2.75, 3.05) is 12.3 Å². The van der Waals surface area contributed by atoms with Gasteiger partial charge in [-0.15, -0.1) is 5.10 Å². The third-order valence-electron chi connectivity index (χ3n) is 3.47. The van der Waals surface area contributed by atoms with Crippen LogP contribution >= 0.6 is 0 Å². The van der Waals surface area contributed by atoms with Crippen molar-refractivity contribution in [2.45, 2.75) is 32.6 Å². The Hall–Kier alpha value is -1.71. The van der Waals surface area contributed by atoms with Crippen LogP contribution in [0.4, 0.5) is 0 Å². The summed E-state index contributed by atoms with van der Waals surface area (Å²) in [6, 6.07) is 1.82. The molecule has 3 heterocycles. The summed E-state index contributed by atoms with van der Waals surface area (Å²) in [7, 11) is -3.23. The topological polar surface area (TPSA) is 99.2 Å². The Morgan fingerprint density at radius 1 is 1.50 bits per heavy atom. The van der Waals surface area contributed by atoms with Crippen molar-refractivity contribution in [1.82, 2.24) is 19.7 Å².